The van der Waals surface area contributed by atoms with E-state index in [1.165, 1.54) is 12.1 Å². The fourth-order valence-electron chi connectivity index (χ4n) is 7.26. The maximum atomic E-state index is 14.2. The normalized spacial score (nSPS) is 31.5. The number of aromatic hydroxyl groups is 1. The first-order chi connectivity index (χ1) is 17.0. The van der Waals surface area contributed by atoms with Crippen molar-refractivity contribution in [1.29, 1.82) is 0 Å². The number of rotatable bonds is 4. The summed E-state index contributed by atoms with van der Waals surface area (Å²) in [5, 5.41) is 45.3. The van der Waals surface area contributed by atoms with E-state index in [2.05, 4.69) is 0 Å². The number of benzene rings is 1. The lowest BCUT2D eigenvalue weighted by atomic mass is 9.43. The molecule has 3 aliphatic rings. The topological polar surface area (TPSA) is 149 Å². The molecule has 0 heterocycles. The Balaban J connectivity index is 2.09. The molecule has 3 aliphatic carbocycles. The van der Waals surface area contributed by atoms with Crippen molar-refractivity contribution in [2.75, 3.05) is 0 Å². The van der Waals surface area contributed by atoms with E-state index in [0.717, 1.165) is 6.92 Å². The minimum absolute atomic E-state index is 0.0180. The van der Waals surface area contributed by atoms with Crippen LogP contribution < -0.4 is 0 Å². The molecule has 1 saturated carbocycles. The molecule has 0 bridgehead atoms. The monoisotopic (exact) mass is 510 g/mol. The number of phenolic OH excluding ortho intramolecular Hbond substituents is 1. The number of aliphatic hydroxyl groups is 3. The molecule has 0 saturated heterocycles. The maximum Gasteiger partial charge on any atom is 0.203 e. The van der Waals surface area contributed by atoms with Crippen molar-refractivity contribution in [1.82, 2.24) is 0 Å². The molecule has 1 unspecified atom stereocenters. The number of fused-ring (bicyclic) bond motifs is 3. The third-order valence-corrected chi connectivity index (χ3v) is 8.68. The van der Waals surface area contributed by atoms with Gasteiger partial charge in [0, 0.05) is 33.8 Å². The number of carbonyl (C=O) groups excluding carboxylic acids is 4. The minimum atomic E-state index is -2.65. The Hall–Kier alpha value is -3.26. The van der Waals surface area contributed by atoms with E-state index in [0.29, 0.717) is 11.1 Å². The van der Waals surface area contributed by atoms with Crippen molar-refractivity contribution in [2.24, 2.45) is 28.6 Å². The van der Waals surface area contributed by atoms with E-state index in [-0.39, 0.29) is 41.4 Å². The molecule has 1 aromatic carbocycles. The number of hydrogen-bond acceptors (Lipinski definition) is 8. The zero-order chi connectivity index (χ0) is 28.0. The molecule has 4 N–H and O–H groups in total. The summed E-state index contributed by atoms with van der Waals surface area (Å²) in [7, 11) is 0. The van der Waals surface area contributed by atoms with Crippen LogP contribution in [0.5, 0.6) is 5.75 Å². The highest BCUT2D eigenvalue weighted by molar-refractivity contribution is 6.24. The van der Waals surface area contributed by atoms with Gasteiger partial charge in [0.2, 0.25) is 5.78 Å². The Morgan fingerprint density at radius 1 is 1.03 bits per heavy atom. The van der Waals surface area contributed by atoms with E-state index in [9.17, 15) is 39.6 Å². The van der Waals surface area contributed by atoms with Crippen LogP contribution >= 0.6 is 0 Å². The van der Waals surface area contributed by atoms with Crippen LogP contribution in [0.25, 0.3) is 5.76 Å². The van der Waals surface area contributed by atoms with E-state index in [4.69, 9.17) is 0 Å². The van der Waals surface area contributed by atoms with Crippen LogP contribution in [0.15, 0.2) is 29.0 Å². The molecule has 8 heteroatoms. The fourth-order valence-corrected chi connectivity index (χ4v) is 7.26. The molecule has 0 aliphatic heterocycles. The lowest BCUT2D eigenvalue weighted by Crippen LogP contribution is -2.69. The number of allylic oxidation sites excluding steroid dienone is 1. The quantitative estimate of drug-likeness (QED) is 0.350. The average Bonchev–Trinajstić information content (AvgIpc) is 2.75. The van der Waals surface area contributed by atoms with Crippen LogP contribution in [-0.4, -0.2) is 49.2 Å². The van der Waals surface area contributed by atoms with Gasteiger partial charge >= 0.3 is 0 Å². The SMILES string of the molecule is CC(=O)C1=C(O)[C@]2(O)C(=O)C3=C(O)c4c(O)ccc(C(=O)C(C)C)c4C[C@]3(C)C[C@]2(C)C(C(C)C)C1=O. The molecule has 1 fully saturated rings. The van der Waals surface area contributed by atoms with Gasteiger partial charge in [-0.25, -0.2) is 0 Å². The maximum absolute atomic E-state index is 14.2. The highest BCUT2D eigenvalue weighted by atomic mass is 16.3. The van der Waals surface area contributed by atoms with Gasteiger partial charge in [-0.1, -0.05) is 41.5 Å². The molecule has 0 radical (unpaired) electrons. The molecular formula is C29H34O8. The molecule has 1 aromatic rings. The summed E-state index contributed by atoms with van der Waals surface area (Å²) >= 11 is 0. The van der Waals surface area contributed by atoms with Crippen molar-refractivity contribution in [3.63, 3.8) is 0 Å². The van der Waals surface area contributed by atoms with Crippen molar-refractivity contribution in [3.05, 3.63) is 45.7 Å². The summed E-state index contributed by atoms with van der Waals surface area (Å²) in [6.07, 6.45) is 0.0558. The summed E-state index contributed by atoms with van der Waals surface area (Å²) in [6, 6.07) is 2.77. The third-order valence-electron chi connectivity index (χ3n) is 8.68. The predicted molar refractivity (Wildman–Crippen MR) is 135 cm³/mol. The summed E-state index contributed by atoms with van der Waals surface area (Å²) < 4.78 is 0. The van der Waals surface area contributed by atoms with E-state index in [1.54, 1.807) is 41.5 Å². The number of phenols is 1. The Morgan fingerprint density at radius 3 is 2.14 bits per heavy atom. The first-order valence-corrected chi connectivity index (χ1v) is 12.5. The Kier molecular flexibility index (Phi) is 5.88. The summed E-state index contributed by atoms with van der Waals surface area (Å²) in [5.74, 6) is -6.31. The van der Waals surface area contributed by atoms with Crippen molar-refractivity contribution in [3.8, 4) is 5.75 Å². The van der Waals surface area contributed by atoms with Gasteiger partial charge in [0.05, 0.1) is 5.56 Å². The lowest BCUT2D eigenvalue weighted by molar-refractivity contribution is -0.178. The smallest absolute Gasteiger partial charge is 0.203 e. The van der Waals surface area contributed by atoms with Crippen LogP contribution in [0.3, 0.4) is 0 Å². The highest BCUT2D eigenvalue weighted by Gasteiger charge is 2.72. The van der Waals surface area contributed by atoms with Gasteiger partial charge in [0.25, 0.3) is 0 Å². The number of Topliss-reactive ketones (excluding diaryl/α,β-unsaturated/α-hetero) is 4. The van der Waals surface area contributed by atoms with Crippen LogP contribution in [0.4, 0.5) is 0 Å². The number of hydrogen-bond donors (Lipinski definition) is 4. The molecule has 8 nitrogen and oxygen atoms in total. The zero-order valence-corrected chi connectivity index (χ0v) is 22.2. The van der Waals surface area contributed by atoms with Gasteiger partial charge in [0.1, 0.15) is 22.8 Å². The first kappa shape index (κ1) is 26.8. The zero-order valence-electron chi connectivity index (χ0n) is 22.2. The summed E-state index contributed by atoms with van der Waals surface area (Å²) in [4.78, 5) is 53.2. The van der Waals surface area contributed by atoms with E-state index >= 15 is 0 Å². The number of aliphatic hydroxyl groups excluding tert-OH is 2. The van der Waals surface area contributed by atoms with Gasteiger partial charge in [-0.05, 0) is 43.4 Å². The van der Waals surface area contributed by atoms with Gasteiger partial charge in [-0.2, -0.15) is 0 Å². The summed E-state index contributed by atoms with van der Waals surface area (Å²) in [6.45, 7) is 11.3. The second-order valence-corrected chi connectivity index (χ2v) is 12.0. The van der Waals surface area contributed by atoms with E-state index in [1.807, 2.05) is 0 Å². The Labute approximate surface area is 215 Å². The molecule has 0 spiro atoms. The molecule has 4 rings (SSSR count). The van der Waals surface area contributed by atoms with Gasteiger partial charge in [-0.15, -0.1) is 0 Å². The highest BCUT2D eigenvalue weighted by Crippen LogP contribution is 2.65. The van der Waals surface area contributed by atoms with Gasteiger partial charge < -0.3 is 20.4 Å². The molecule has 0 amide bonds. The van der Waals surface area contributed by atoms with E-state index < -0.39 is 62.7 Å². The van der Waals surface area contributed by atoms with Crippen LogP contribution in [0.2, 0.25) is 0 Å². The summed E-state index contributed by atoms with van der Waals surface area (Å²) in [5.41, 5.74) is -5.54. The Bertz CT molecular complexity index is 1350. The second kappa shape index (κ2) is 8.12. The van der Waals surface area contributed by atoms with Crippen molar-refractivity contribution < 1.29 is 39.6 Å². The molecular weight excluding hydrogens is 476 g/mol. The molecule has 37 heavy (non-hydrogen) atoms. The molecule has 4 atom stereocenters. The fraction of sp³-hybridized carbons (Fsp3) is 0.517. The van der Waals surface area contributed by atoms with Crippen LogP contribution in [-0.2, 0) is 20.8 Å². The third kappa shape index (κ3) is 3.24. The van der Waals surface area contributed by atoms with Crippen LogP contribution in [0.1, 0.15) is 76.4 Å². The second-order valence-electron chi connectivity index (χ2n) is 12.0. The molecule has 198 valence electrons. The molecule has 0 aromatic heterocycles. The number of ketones is 4. The lowest BCUT2D eigenvalue weighted by Gasteiger charge is -2.59. The Morgan fingerprint density at radius 2 is 1.62 bits per heavy atom. The first-order valence-electron chi connectivity index (χ1n) is 12.5. The predicted octanol–water partition coefficient (Wildman–Crippen LogP) is 4.03. The van der Waals surface area contributed by atoms with Gasteiger partial charge in [-0.3, -0.25) is 19.2 Å². The van der Waals surface area contributed by atoms with Crippen molar-refractivity contribution in [2.45, 2.75) is 66.9 Å². The van der Waals surface area contributed by atoms with Crippen LogP contribution in [0, 0.1) is 28.6 Å². The standard InChI is InChI=1S/C29H34O8/c1-12(2)20-23(33)18(14(5)30)25(35)29(37)26(36)21-24(34)19-16(10-27(21,6)11-28(20,29)7)15(8-9-17(19)31)22(32)13(3)4/h8-9,12-13,20,31,34-35,37H,10-11H2,1-7H3/t20?,27-,28-,29+/m1/s1. The number of carbonyl (C=O) groups is 4. The largest absolute Gasteiger partial charge is 0.508 e. The minimum Gasteiger partial charge on any atom is -0.508 e. The van der Waals surface area contributed by atoms with Gasteiger partial charge in [0.15, 0.2) is 23.0 Å². The van der Waals surface area contributed by atoms with Crippen molar-refractivity contribution >= 4 is 28.9 Å². The average molecular weight is 511 g/mol.